The van der Waals surface area contributed by atoms with Gasteiger partial charge in [0.25, 0.3) is 0 Å². The van der Waals surface area contributed by atoms with Gasteiger partial charge in [0.2, 0.25) is 0 Å². The van der Waals surface area contributed by atoms with E-state index in [0.29, 0.717) is 12.3 Å². The fraction of sp³-hybridized carbons (Fsp3) is 0.909. The average molecular weight is 201 g/mol. The molecule has 0 aliphatic heterocycles. The summed E-state index contributed by atoms with van der Waals surface area (Å²) in [5.74, 6) is 0.535. The lowest BCUT2D eigenvalue weighted by Crippen LogP contribution is -2.24. The lowest BCUT2D eigenvalue weighted by Gasteiger charge is -2.17. The Morgan fingerprint density at radius 3 is 2.36 bits per heavy atom. The molecular formula is C11H23NO2. The van der Waals surface area contributed by atoms with E-state index in [9.17, 15) is 4.79 Å². The topological polar surface area (TPSA) is 52.3 Å². The molecule has 0 aromatic rings. The molecule has 1 atom stereocenters. The van der Waals surface area contributed by atoms with Crippen LogP contribution in [-0.2, 0) is 9.53 Å². The summed E-state index contributed by atoms with van der Waals surface area (Å²) in [7, 11) is 1.41. The van der Waals surface area contributed by atoms with Gasteiger partial charge >= 0.3 is 5.97 Å². The summed E-state index contributed by atoms with van der Waals surface area (Å²) in [6.45, 7) is 4.36. The van der Waals surface area contributed by atoms with Crippen LogP contribution in [0.2, 0.25) is 0 Å². The van der Waals surface area contributed by atoms with Crippen molar-refractivity contribution < 1.29 is 9.53 Å². The fourth-order valence-corrected chi connectivity index (χ4v) is 1.57. The van der Waals surface area contributed by atoms with Crippen LogP contribution in [0.4, 0.5) is 0 Å². The second kappa shape index (κ2) is 7.80. The maximum absolute atomic E-state index is 10.9. The summed E-state index contributed by atoms with van der Waals surface area (Å²) in [5.41, 5.74) is 5.92. The molecule has 0 spiro atoms. The molecule has 2 N–H and O–H groups in total. The predicted octanol–water partition coefficient (Wildman–Crippen LogP) is 2.09. The third-order valence-electron chi connectivity index (χ3n) is 2.74. The third kappa shape index (κ3) is 5.97. The van der Waals surface area contributed by atoms with E-state index >= 15 is 0 Å². The molecule has 0 aliphatic rings. The molecule has 0 aliphatic carbocycles. The van der Waals surface area contributed by atoms with E-state index in [0.717, 1.165) is 12.8 Å². The molecule has 0 heterocycles. The Kier molecular flexibility index (Phi) is 7.48. The number of esters is 1. The summed E-state index contributed by atoms with van der Waals surface area (Å²) < 4.78 is 4.56. The highest BCUT2D eigenvalue weighted by Gasteiger charge is 2.11. The Balaban J connectivity index is 3.63. The number of carbonyl (C=O) groups is 1. The van der Waals surface area contributed by atoms with E-state index < -0.39 is 0 Å². The minimum Gasteiger partial charge on any atom is -0.469 e. The van der Waals surface area contributed by atoms with Crippen molar-refractivity contribution in [3.8, 4) is 0 Å². The van der Waals surface area contributed by atoms with Gasteiger partial charge in [-0.2, -0.15) is 0 Å². The Labute approximate surface area is 87.0 Å². The highest BCUT2D eigenvalue weighted by Crippen LogP contribution is 2.16. The standard InChI is InChI=1S/C11H23NO2/c1-4-9(5-2)8-10(12)6-7-11(13)14-3/h9-10H,4-8,12H2,1-3H3. The van der Waals surface area contributed by atoms with Crippen LogP contribution < -0.4 is 5.73 Å². The molecule has 0 fully saturated rings. The second-order valence-corrected chi connectivity index (χ2v) is 3.79. The van der Waals surface area contributed by atoms with E-state index in [2.05, 4.69) is 18.6 Å². The van der Waals surface area contributed by atoms with Gasteiger partial charge in [0.1, 0.15) is 0 Å². The van der Waals surface area contributed by atoms with Crippen molar-refractivity contribution in [2.24, 2.45) is 11.7 Å². The van der Waals surface area contributed by atoms with Gasteiger partial charge in [0.05, 0.1) is 7.11 Å². The van der Waals surface area contributed by atoms with Crippen LogP contribution in [0.5, 0.6) is 0 Å². The number of carbonyl (C=O) groups excluding carboxylic acids is 1. The first-order valence-electron chi connectivity index (χ1n) is 5.46. The van der Waals surface area contributed by atoms with Crippen molar-refractivity contribution in [2.75, 3.05) is 7.11 Å². The molecule has 1 unspecified atom stereocenters. The first-order valence-corrected chi connectivity index (χ1v) is 5.46. The van der Waals surface area contributed by atoms with Crippen molar-refractivity contribution >= 4 is 5.97 Å². The van der Waals surface area contributed by atoms with Crippen molar-refractivity contribution in [3.63, 3.8) is 0 Å². The van der Waals surface area contributed by atoms with Gasteiger partial charge in [-0.05, 0) is 18.8 Å². The van der Waals surface area contributed by atoms with E-state index in [1.807, 2.05) is 0 Å². The Morgan fingerprint density at radius 1 is 1.36 bits per heavy atom. The molecule has 0 saturated heterocycles. The monoisotopic (exact) mass is 201 g/mol. The van der Waals surface area contributed by atoms with Crippen LogP contribution in [0.1, 0.15) is 46.0 Å². The van der Waals surface area contributed by atoms with Gasteiger partial charge in [-0.15, -0.1) is 0 Å². The molecule has 3 nitrogen and oxygen atoms in total. The largest absolute Gasteiger partial charge is 0.469 e. The zero-order valence-electron chi connectivity index (χ0n) is 9.58. The van der Waals surface area contributed by atoms with Crippen molar-refractivity contribution in [3.05, 3.63) is 0 Å². The summed E-state index contributed by atoms with van der Waals surface area (Å²) in [6.07, 6.45) is 4.54. The Hall–Kier alpha value is -0.570. The minimum atomic E-state index is -0.162. The molecule has 84 valence electrons. The van der Waals surface area contributed by atoms with Gasteiger partial charge in [-0.25, -0.2) is 0 Å². The van der Waals surface area contributed by atoms with Gasteiger partial charge in [-0.3, -0.25) is 4.79 Å². The number of hydrogen-bond donors (Lipinski definition) is 1. The van der Waals surface area contributed by atoms with Crippen LogP contribution in [0.25, 0.3) is 0 Å². The maximum atomic E-state index is 10.9. The zero-order chi connectivity index (χ0) is 11.0. The molecule has 0 amide bonds. The zero-order valence-corrected chi connectivity index (χ0v) is 9.58. The van der Waals surface area contributed by atoms with Gasteiger partial charge in [0.15, 0.2) is 0 Å². The van der Waals surface area contributed by atoms with Gasteiger partial charge in [0, 0.05) is 12.5 Å². The summed E-state index contributed by atoms with van der Waals surface area (Å²) in [4.78, 5) is 10.9. The quantitative estimate of drug-likeness (QED) is 0.642. The minimum absolute atomic E-state index is 0.138. The Morgan fingerprint density at radius 2 is 1.93 bits per heavy atom. The molecule has 3 heteroatoms. The van der Waals surface area contributed by atoms with Crippen molar-refractivity contribution in [1.29, 1.82) is 0 Å². The first kappa shape index (κ1) is 13.4. The molecule has 14 heavy (non-hydrogen) atoms. The van der Waals surface area contributed by atoms with Gasteiger partial charge in [-0.1, -0.05) is 26.7 Å². The fourth-order valence-electron chi connectivity index (χ4n) is 1.57. The number of rotatable bonds is 7. The van der Waals surface area contributed by atoms with Crippen molar-refractivity contribution in [2.45, 2.75) is 52.0 Å². The van der Waals surface area contributed by atoms with Crippen LogP contribution in [0, 0.1) is 5.92 Å². The van der Waals surface area contributed by atoms with Crippen molar-refractivity contribution in [1.82, 2.24) is 0 Å². The van der Waals surface area contributed by atoms with E-state index in [1.54, 1.807) is 0 Å². The number of ether oxygens (including phenoxy) is 1. The van der Waals surface area contributed by atoms with Crippen LogP contribution in [0.3, 0.4) is 0 Å². The highest BCUT2D eigenvalue weighted by molar-refractivity contribution is 5.69. The molecule has 0 rings (SSSR count). The van der Waals surface area contributed by atoms with Crippen LogP contribution in [0.15, 0.2) is 0 Å². The highest BCUT2D eigenvalue weighted by atomic mass is 16.5. The SMILES string of the molecule is CCC(CC)CC(N)CCC(=O)OC. The normalized spacial score (nSPS) is 12.9. The third-order valence-corrected chi connectivity index (χ3v) is 2.74. The van der Waals surface area contributed by atoms with E-state index in [1.165, 1.54) is 20.0 Å². The predicted molar refractivity (Wildman–Crippen MR) is 57.9 cm³/mol. The molecule has 0 aromatic carbocycles. The van der Waals surface area contributed by atoms with Crippen LogP contribution in [-0.4, -0.2) is 19.1 Å². The molecule has 0 saturated carbocycles. The number of hydrogen-bond acceptors (Lipinski definition) is 3. The smallest absolute Gasteiger partial charge is 0.305 e. The summed E-state index contributed by atoms with van der Waals surface area (Å²) in [6, 6.07) is 0.138. The lowest BCUT2D eigenvalue weighted by molar-refractivity contribution is -0.140. The number of nitrogens with two attached hydrogens (primary N) is 1. The van der Waals surface area contributed by atoms with Crippen LogP contribution >= 0.6 is 0 Å². The molecule has 0 bridgehead atoms. The summed E-state index contributed by atoms with van der Waals surface area (Å²) in [5, 5.41) is 0. The van der Waals surface area contributed by atoms with E-state index in [-0.39, 0.29) is 12.0 Å². The average Bonchev–Trinajstić information content (AvgIpc) is 2.22. The molecule has 0 radical (unpaired) electrons. The van der Waals surface area contributed by atoms with Gasteiger partial charge < -0.3 is 10.5 Å². The van der Waals surface area contributed by atoms with E-state index in [4.69, 9.17) is 5.73 Å². The first-order chi connectivity index (χ1) is 6.63. The summed E-state index contributed by atoms with van der Waals surface area (Å²) >= 11 is 0. The maximum Gasteiger partial charge on any atom is 0.305 e. The number of methoxy groups -OCH3 is 1. The molecule has 0 aromatic heterocycles. The molecular weight excluding hydrogens is 178 g/mol. The Bertz CT molecular complexity index is 155. The second-order valence-electron chi connectivity index (χ2n) is 3.79. The lowest BCUT2D eigenvalue weighted by atomic mass is 9.93.